The molecule has 4 saturated carbocycles. The van der Waals surface area contributed by atoms with Gasteiger partial charge in [-0.15, -0.1) is 0 Å². The highest BCUT2D eigenvalue weighted by molar-refractivity contribution is 5.85. The minimum atomic E-state index is -1.54. The fourth-order valence-electron chi connectivity index (χ4n) is 11.6. The number of aliphatic hydroxyl groups excluding tert-OH is 5. The number of methoxy groups -OCH3 is 1. The number of carbonyl (C=O) groups excluding carboxylic acids is 1. The van der Waals surface area contributed by atoms with Gasteiger partial charge in [0.25, 0.3) is 0 Å². The van der Waals surface area contributed by atoms with Crippen LogP contribution in [0.25, 0.3) is 0 Å². The highest BCUT2D eigenvalue weighted by Crippen LogP contribution is 2.70. The smallest absolute Gasteiger partial charge is 0.331 e. The van der Waals surface area contributed by atoms with Crippen molar-refractivity contribution >= 4 is 5.97 Å². The maximum Gasteiger partial charge on any atom is 0.331 e. The predicted octanol–water partition coefficient (Wildman–Crippen LogP) is 0.934. The molecule has 13 nitrogen and oxygen atoms in total. The minimum Gasteiger partial charge on any atom is -0.458 e. The molecule has 7 aliphatic rings. The third-order valence-electron chi connectivity index (χ3n) is 14.3. The Kier molecular flexibility index (Phi) is 9.82. The van der Waals surface area contributed by atoms with E-state index < -0.39 is 79.0 Å². The van der Waals surface area contributed by atoms with E-state index in [0.29, 0.717) is 24.7 Å². The van der Waals surface area contributed by atoms with Gasteiger partial charge >= 0.3 is 5.97 Å². The van der Waals surface area contributed by atoms with Gasteiger partial charge in [-0.25, -0.2) is 4.79 Å². The molecule has 49 heavy (non-hydrogen) atoms. The van der Waals surface area contributed by atoms with Crippen molar-refractivity contribution in [2.24, 2.45) is 34.5 Å². The molecule has 3 heterocycles. The van der Waals surface area contributed by atoms with Crippen LogP contribution in [-0.2, 0) is 33.2 Å². The first kappa shape index (κ1) is 36.1. The van der Waals surface area contributed by atoms with Crippen LogP contribution in [0.4, 0.5) is 0 Å². The SMILES string of the molecule is COC1CC(OC2CCC3(C)C(CCC4C3CCC3(C)C(C5=CC(=O)OC5)C(O)CC43O)C2)OC(C)C1OC1OC(CO)C(O)C(O)C1O. The molecular weight excluding hydrogens is 640 g/mol. The number of hydrogen-bond donors (Lipinski definition) is 6. The van der Waals surface area contributed by atoms with E-state index in [-0.39, 0.29) is 35.9 Å². The summed E-state index contributed by atoms with van der Waals surface area (Å²) in [5, 5.41) is 64.3. The van der Waals surface area contributed by atoms with Crippen molar-refractivity contribution in [1.29, 1.82) is 0 Å². The van der Waals surface area contributed by atoms with Crippen molar-refractivity contribution in [2.45, 2.75) is 152 Å². The summed E-state index contributed by atoms with van der Waals surface area (Å²) >= 11 is 0. The highest BCUT2D eigenvalue weighted by atomic mass is 16.7. The van der Waals surface area contributed by atoms with Crippen LogP contribution in [0.2, 0.25) is 0 Å². The molecule has 0 amide bonds. The lowest BCUT2D eigenvalue weighted by Gasteiger charge is -2.63. The maximum atomic E-state index is 12.5. The van der Waals surface area contributed by atoms with Crippen LogP contribution in [0.1, 0.15) is 78.6 Å². The van der Waals surface area contributed by atoms with E-state index in [2.05, 4.69) is 13.8 Å². The van der Waals surface area contributed by atoms with E-state index in [4.69, 9.17) is 28.4 Å². The molecule has 6 N–H and O–H groups in total. The number of carbonyl (C=O) groups is 1. The van der Waals surface area contributed by atoms with Crippen LogP contribution < -0.4 is 0 Å². The molecule has 0 spiro atoms. The third-order valence-corrected chi connectivity index (χ3v) is 14.3. The Bertz CT molecular complexity index is 1260. The summed E-state index contributed by atoms with van der Waals surface area (Å²) in [6.45, 7) is 5.99. The number of rotatable bonds is 7. The Balaban J connectivity index is 0.981. The summed E-state index contributed by atoms with van der Waals surface area (Å²) in [7, 11) is 1.57. The van der Waals surface area contributed by atoms with E-state index in [0.717, 1.165) is 50.5 Å². The number of fused-ring (bicyclic) bond motifs is 5. The summed E-state index contributed by atoms with van der Waals surface area (Å²) in [6.07, 6.45) is -1.21. The number of aliphatic hydroxyl groups is 6. The monoisotopic (exact) mass is 696 g/mol. The van der Waals surface area contributed by atoms with Gasteiger partial charge in [0.2, 0.25) is 0 Å². The first-order valence-electron chi connectivity index (χ1n) is 18.3. The second-order valence-electron chi connectivity index (χ2n) is 16.6. The molecule has 0 bridgehead atoms. The van der Waals surface area contributed by atoms with Crippen LogP contribution in [0.15, 0.2) is 11.6 Å². The Morgan fingerprint density at radius 1 is 0.939 bits per heavy atom. The first-order chi connectivity index (χ1) is 23.2. The maximum absolute atomic E-state index is 12.5. The molecule has 0 aromatic carbocycles. The van der Waals surface area contributed by atoms with Gasteiger partial charge in [0.15, 0.2) is 12.6 Å². The highest BCUT2D eigenvalue weighted by Gasteiger charge is 2.70. The van der Waals surface area contributed by atoms with Gasteiger partial charge in [-0.1, -0.05) is 13.8 Å². The molecule has 7 rings (SSSR count). The second kappa shape index (κ2) is 13.3. The number of ether oxygens (including phenoxy) is 6. The van der Waals surface area contributed by atoms with Crippen molar-refractivity contribution in [3.8, 4) is 0 Å². The summed E-state index contributed by atoms with van der Waals surface area (Å²) in [4.78, 5) is 11.9. The predicted molar refractivity (Wildman–Crippen MR) is 170 cm³/mol. The lowest BCUT2D eigenvalue weighted by Crippen LogP contribution is -2.62. The normalized spacial score (nSPS) is 54.4. The van der Waals surface area contributed by atoms with E-state index in [1.165, 1.54) is 6.08 Å². The quantitative estimate of drug-likeness (QED) is 0.163. The zero-order chi connectivity index (χ0) is 35.0. The molecule has 3 aliphatic heterocycles. The van der Waals surface area contributed by atoms with Gasteiger partial charge in [-0.3, -0.25) is 0 Å². The molecule has 0 aromatic rings. The largest absolute Gasteiger partial charge is 0.458 e. The lowest BCUT2D eigenvalue weighted by atomic mass is 9.43. The van der Waals surface area contributed by atoms with Gasteiger partial charge in [0.1, 0.15) is 37.1 Å². The lowest BCUT2D eigenvalue weighted by molar-refractivity contribution is -0.345. The third kappa shape index (κ3) is 5.83. The van der Waals surface area contributed by atoms with Crippen LogP contribution in [0, 0.1) is 34.5 Å². The van der Waals surface area contributed by atoms with Crippen LogP contribution >= 0.6 is 0 Å². The molecule has 278 valence electrons. The van der Waals surface area contributed by atoms with Gasteiger partial charge in [0.05, 0.1) is 36.6 Å². The topological polar surface area (TPSA) is 194 Å². The summed E-state index contributed by atoms with van der Waals surface area (Å²) in [5.41, 5.74) is -0.680. The molecular formula is C36H56O13. The number of esters is 1. The Morgan fingerprint density at radius 2 is 1.71 bits per heavy atom. The molecule has 0 radical (unpaired) electrons. The van der Waals surface area contributed by atoms with Gasteiger partial charge in [-0.2, -0.15) is 0 Å². The molecule has 18 atom stereocenters. The van der Waals surface area contributed by atoms with Gasteiger partial charge in [0, 0.05) is 37.4 Å². The van der Waals surface area contributed by atoms with Crippen molar-refractivity contribution < 1.29 is 63.9 Å². The zero-order valence-corrected chi connectivity index (χ0v) is 29.1. The zero-order valence-electron chi connectivity index (χ0n) is 29.1. The first-order valence-corrected chi connectivity index (χ1v) is 18.3. The van der Waals surface area contributed by atoms with Crippen LogP contribution in [0.3, 0.4) is 0 Å². The Hall–Kier alpha value is -1.23. The van der Waals surface area contributed by atoms with Crippen molar-refractivity contribution in [2.75, 3.05) is 20.3 Å². The number of cyclic esters (lactones) is 1. The van der Waals surface area contributed by atoms with Gasteiger partial charge < -0.3 is 59.1 Å². The van der Waals surface area contributed by atoms with Crippen LogP contribution in [-0.4, -0.2) is 130 Å². The Morgan fingerprint density at radius 3 is 2.41 bits per heavy atom. The summed E-state index contributed by atoms with van der Waals surface area (Å²) < 4.78 is 35.5. The van der Waals surface area contributed by atoms with E-state index in [1.54, 1.807) is 7.11 Å². The molecule has 2 saturated heterocycles. The summed E-state index contributed by atoms with van der Waals surface area (Å²) in [6, 6.07) is 0. The van der Waals surface area contributed by atoms with E-state index >= 15 is 0 Å². The average Bonchev–Trinajstić information content (AvgIpc) is 3.57. The number of hydrogen-bond acceptors (Lipinski definition) is 13. The van der Waals surface area contributed by atoms with E-state index in [9.17, 15) is 35.4 Å². The molecule has 4 aliphatic carbocycles. The molecule has 13 heteroatoms. The van der Waals surface area contributed by atoms with E-state index in [1.807, 2.05) is 6.92 Å². The average molecular weight is 697 g/mol. The fourth-order valence-corrected chi connectivity index (χ4v) is 11.6. The van der Waals surface area contributed by atoms with Crippen molar-refractivity contribution in [3.05, 3.63) is 11.6 Å². The molecule has 18 unspecified atom stereocenters. The fraction of sp³-hybridized carbons (Fsp3) is 0.917. The molecule has 0 aromatic heterocycles. The summed E-state index contributed by atoms with van der Waals surface area (Å²) in [5.74, 6) is 0.182. The molecule has 6 fully saturated rings. The van der Waals surface area contributed by atoms with Crippen molar-refractivity contribution in [1.82, 2.24) is 0 Å². The van der Waals surface area contributed by atoms with Crippen LogP contribution in [0.5, 0.6) is 0 Å². The Labute approximate surface area is 287 Å². The van der Waals surface area contributed by atoms with Gasteiger partial charge in [-0.05, 0) is 80.6 Å². The minimum absolute atomic E-state index is 0.00582. The second-order valence-corrected chi connectivity index (χ2v) is 16.6. The van der Waals surface area contributed by atoms with Crippen molar-refractivity contribution in [3.63, 3.8) is 0 Å². The standard InChI is InChI=1S/C36H56O13/c1-17-32(49-33-31(42)30(41)29(40)25(15-37)48-33)24(44-4)13-27(46-17)47-20-7-9-34(2)19(12-20)5-6-22-21(34)8-10-35(3)28(18-11-26(39)45-16-18)23(38)14-36(22,35)43/h11,17,19-25,27-33,37-38,40-43H,5-10,12-16H2,1-4H3.